The minimum absolute atomic E-state index is 0.0227. The molecule has 0 aromatic carbocycles. The summed E-state index contributed by atoms with van der Waals surface area (Å²) in [5.41, 5.74) is 3.26. The number of fused-ring (bicyclic) bond motifs is 1. The number of hydrogen-bond acceptors (Lipinski definition) is 8. The van der Waals surface area contributed by atoms with Crippen molar-refractivity contribution in [3.8, 4) is 11.6 Å². The Hall–Kier alpha value is -4.56. The highest BCUT2D eigenvalue weighted by molar-refractivity contribution is 5.94. The van der Waals surface area contributed by atoms with Crippen molar-refractivity contribution in [2.75, 3.05) is 31.5 Å². The lowest BCUT2D eigenvalue weighted by Crippen LogP contribution is -2.46. The molecular formula is C24H23N9O2. The number of carbonyl (C=O) groups excluding carboxylic acids is 1. The van der Waals surface area contributed by atoms with Gasteiger partial charge in [-0.2, -0.15) is 4.98 Å². The Morgan fingerprint density at radius 2 is 2.00 bits per heavy atom. The van der Waals surface area contributed by atoms with Crippen LogP contribution in [-0.2, 0) is 7.05 Å². The first kappa shape index (κ1) is 22.2. The number of nitrogens with zero attached hydrogens (tertiary/aromatic N) is 7. The van der Waals surface area contributed by atoms with E-state index in [9.17, 15) is 4.79 Å². The fraction of sp³-hybridized carbons (Fsp3) is 0.250. The maximum atomic E-state index is 12.7. The number of pyridine rings is 3. The number of hydrogen-bond donors (Lipinski definition) is 2. The Morgan fingerprint density at radius 1 is 1.17 bits per heavy atom. The van der Waals surface area contributed by atoms with E-state index < -0.39 is 0 Å². The van der Waals surface area contributed by atoms with Crippen molar-refractivity contribution < 1.29 is 9.53 Å². The molecule has 0 saturated carbocycles. The van der Waals surface area contributed by atoms with Gasteiger partial charge in [-0.15, -0.1) is 4.98 Å². The van der Waals surface area contributed by atoms with Crippen molar-refractivity contribution in [2.24, 2.45) is 7.05 Å². The summed E-state index contributed by atoms with van der Waals surface area (Å²) >= 11 is 0. The summed E-state index contributed by atoms with van der Waals surface area (Å²) in [6, 6.07) is 6.93. The minimum atomic E-state index is -0.0227. The first-order valence-electron chi connectivity index (χ1n) is 11.1. The van der Waals surface area contributed by atoms with Crippen molar-refractivity contribution in [1.29, 1.82) is 0 Å². The maximum Gasteiger partial charge on any atom is 0.269 e. The lowest BCUT2D eigenvalue weighted by Gasteiger charge is -2.27. The maximum absolute atomic E-state index is 12.7. The molecule has 176 valence electrons. The molecule has 0 spiro atoms. The van der Waals surface area contributed by atoms with Gasteiger partial charge in [0.15, 0.2) is 17.6 Å². The van der Waals surface area contributed by atoms with Crippen LogP contribution in [0.25, 0.3) is 16.0 Å². The first-order chi connectivity index (χ1) is 17.0. The highest BCUT2D eigenvalue weighted by atomic mass is 16.5. The van der Waals surface area contributed by atoms with Crippen LogP contribution in [0.4, 0.5) is 17.3 Å². The van der Waals surface area contributed by atoms with Crippen molar-refractivity contribution >= 4 is 34.4 Å². The van der Waals surface area contributed by atoms with E-state index in [1.807, 2.05) is 18.9 Å². The summed E-state index contributed by atoms with van der Waals surface area (Å²) in [5, 5.41) is 6.51. The van der Waals surface area contributed by atoms with Crippen LogP contribution in [0.15, 0.2) is 43.0 Å². The van der Waals surface area contributed by atoms with Gasteiger partial charge in [0, 0.05) is 45.5 Å². The quantitative estimate of drug-likeness (QED) is 0.428. The van der Waals surface area contributed by atoms with Crippen molar-refractivity contribution in [1.82, 2.24) is 34.7 Å². The largest absolute Gasteiger partial charge is 0.435 e. The van der Waals surface area contributed by atoms with Gasteiger partial charge in [0.1, 0.15) is 11.3 Å². The Bertz CT molecular complexity index is 1430. The zero-order chi connectivity index (χ0) is 24.4. The van der Waals surface area contributed by atoms with Gasteiger partial charge in [-0.3, -0.25) is 4.79 Å². The van der Waals surface area contributed by atoms with Crippen LogP contribution in [-0.4, -0.2) is 61.5 Å². The number of carbonyl (C=O) groups is 1. The van der Waals surface area contributed by atoms with Crippen molar-refractivity contribution in [3.63, 3.8) is 0 Å². The fourth-order valence-electron chi connectivity index (χ4n) is 3.81. The predicted molar refractivity (Wildman–Crippen MR) is 130 cm³/mol. The first-order valence-corrected chi connectivity index (χ1v) is 11.1. The number of ether oxygens (including phenoxy) is 1. The van der Waals surface area contributed by atoms with Gasteiger partial charge in [0.2, 0.25) is 5.88 Å². The SMILES string of the molecule is [C-]#[N+]c1cc(C)c(Oc2cc(Nc3ccc(C(=O)N4CCNCC4)cn3)c3ncn(C)c3n2)cn1. The molecule has 0 radical (unpaired) electrons. The molecule has 5 heterocycles. The molecule has 0 atom stereocenters. The number of rotatable bonds is 5. The Kier molecular flexibility index (Phi) is 5.95. The van der Waals surface area contributed by atoms with Gasteiger partial charge < -0.3 is 29.7 Å². The third-order valence-corrected chi connectivity index (χ3v) is 5.70. The number of aryl methyl sites for hydroxylation is 2. The second-order valence-electron chi connectivity index (χ2n) is 8.16. The van der Waals surface area contributed by atoms with Gasteiger partial charge in [0.05, 0.1) is 17.6 Å². The normalized spacial score (nSPS) is 13.5. The van der Waals surface area contributed by atoms with E-state index in [0.717, 1.165) is 18.7 Å². The van der Waals surface area contributed by atoms with E-state index in [1.54, 1.807) is 41.4 Å². The Balaban J connectivity index is 1.41. The lowest BCUT2D eigenvalue weighted by atomic mass is 10.2. The average molecular weight is 470 g/mol. The molecule has 2 N–H and O–H groups in total. The highest BCUT2D eigenvalue weighted by Gasteiger charge is 2.19. The van der Waals surface area contributed by atoms with E-state index in [4.69, 9.17) is 11.3 Å². The molecule has 5 rings (SSSR count). The third kappa shape index (κ3) is 4.60. The molecule has 1 aliphatic heterocycles. The molecule has 4 aromatic heterocycles. The van der Waals surface area contributed by atoms with Crippen molar-refractivity contribution in [3.05, 3.63) is 65.5 Å². The molecule has 1 fully saturated rings. The summed E-state index contributed by atoms with van der Waals surface area (Å²) in [5.74, 6) is 1.69. The number of nitrogens with one attached hydrogen (secondary N) is 2. The predicted octanol–water partition coefficient (Wildman–Crippen LogP) is 3.20. The van der Waals surface area contributed by atoms with E-state index in [0.29, 0.717) is 58.8 Å². The molecular weight excluding hydrogens is 446 g/mol. The van der Waals surface area contributed by atoms with E-state index >= 15 is 0 Å². The van der Waals surface area contributed by atoms with Gasteiger partial charge in [-0.05, 0) is 30.7 Å². The van der Waals surface area contributed by atoms with Gasteiger partial charge >= 0.3 is 0 Å². The van der Waals surface area contributed by atoms with Gasteiger partial charge in [0.25, 0.3) is 11.7 Å². The summed E-state index contributed by atoms with van der Waals surface area (Å²) in [6.07, 6.45) is 4.77. The zero-order valence-electron chi connectivity index (χ0n) is 19.3. The molecule has 1 aliphatic rings. The van der Waals surface area contributed by atoms with Crippen LogP contribution in [0, 0.1) is 13.5 Å². The van der Waals surface area contributed by atoms with E-state index in [1.165, 1.54) is 6.20 Å². The molecule has 11 nitrogen and oxygen atoms in total. The molecule has 1 saturated heterocycles. The van der Waals surface area contributed by atoms with Crippen LogP contribution in [0.1, 0.15) is 15.9 Å². The summed E-state index contributed by atoms with van der Waals surface area (Å²) in [7, 11) is 1.85. The van der Waals surface area contributed by atoms with Crippen LogP contribution in [0.2, 0.25) is 0 Å². The van der Waals surface area contributed by atoms with Gasteiger partial charge in [-0.25, -0.2) is 9.97 Å². The number of aromatic nitrogens is 5. The van der Waals surface area contributed by atoms with E-state index in [2.05, 4.69) is 35.4 Å². The van der Waals surface area contributed by atoms with Crippen LogP contribution < -0.4 is 15.4 Å². The lowest BCUT2D eigenvalue weighted by molar-refractivity contribution is 0.0735. The minimum Gasteiger partial charge on any atom is -0.435 e. The number of piperazine rings is 1. The molecule has 4 aromatic rings. The van der Waals surface area contributed by atoms with Crippen LogP contribution in [0.3, 0.4) is 0 Å². The molecule has 0 unspecified atom stereocenters. The molecule has 1 amide bonds. The standard InChI is InChI=1S/C24H23N9O2/c1-15-10-20(25-2)28-13-18(15)35-21-11-17(22-23(31-21)32(3)14-29-22)30-19-5-4-16(12-27-19)24(34)33-8-6-26-7-9-33/h4-5,10-14,26H,6-9H2,1,3H3,(H,27,30,31). The average Bonchev–Trinajstić information content (AvgIpc) is 3.26. The van der Waals surface area contributed by atoms with Crippen molar-refractivity contribution in [2.45, 2.75) is 6.92 Å². The summed E-state index contributed by atoms with van der Waals surface area (Å²) in [4.78, 5) is 35.4. The van der Waals surface area contributed by atoms with Crippen LogP contribution >= 0.6 is 0 Å². The second-order valence-corrected chi connectivity index (χ2v) is 8.16. The van der Waals surface area contributed by atoms with Gasteiger partial charge in [-0.1, -0.05) is 6.57 Å². The topological polar surface area (TPSA) is 114 Å². The molecule has 0 aliphatic carbocycles. The molecule has 11 heteroatoms. The number of amides is 1. The molecule has 35 heavy (non-hydrogen) atoms. The Morgan fingerprint density at radius 3 is 2.71 bits per heavy atom. The fourth-order valence-corrected chi connectivity index (χ4v) is 3.81. The Labute approximate surface area is 201 Å². The van der Waals surface area contributed by atoms with E-state index in [-0.39, 0.29) is 5.91 Å². The highest BCUT2D eigenvalue weighted by Crippen LogP contribution is 2.31. The smallest absolute Gasteiger partial charge is 0.269 e. The van der Waals surface area contributed by atoms with Crippen LogP contribution in [0.5, 0.6) is 11.6 Å². The number of imidazole rings is 1. The third-order valence-electron chi connectivity index (χ3n) is 5.70. The number of anilines is 2. The molecule has 0 bridgehead atoms. The second kappa shape index (κ2) is 9.36. The monoisotopic (exact) mass is 469 g/mol. The summed E-state index contributed by atoms with van der Waals surface area (Å²) in [6.45, 7) is 11.9. The zero-order valence-corrected chi connectivity index (χ0v) is 19.3. The summed E-state index contributed by atoms with van der Waals surface area (Å²) < 4.78 is 7.80.